The van der Waals surface area contributed by atoms with Crippen LogP contribution in [0.25, 0.3) is 0 Å². The van der Waals surface area contributed by atoms with Gasteiger partial charge >= 0.3 is 0 Å². The largest absolute Gasteiger partial charge is 0.394 e. The molecule has 0 aromatic heterocycles. The fourth-order valence-corrected chi connectivity index (χ4v) is 1.84. The number of hydrogen-bond donors (Lipinski definition) is 2. The van der Waals surface area contributed by atoms with Gasteiger partial charge in [0.1, 0.15) is 0 Å². The van der Waals surface area contributed by atoms with Gasteiger partial charge in [-0.3, -0.25) is 0 Å². The van der Waals surface area contributed by atoms with Crippen molar-refractivity contribution in [3.05, 3.63) is 0 Å². The molecule has 3 heteroatoms. The summed E-state index contributed by atoms with van der Waals surface area (Å²) in [6, 6.07) is 0.641. The predicted octanol–water partition coefficient (Wildman–Crippen LogP) is 2.33. The topological polar surface area (TPSA) is 41.5 Å². The lowest BCUT2D eigenvalue weighted by molar-refractivity contribution is 0.0282. The average molecular weight is 243 g/mol. The number of hydrogen-bond acceptors (Lipinski definition) is 3. The molecule has 2 unspecified atom stereocenters. The van der Waals surface area contributed by atoms with Gasteiger partial charge in [-0.1, -0.05) is 13.8 Å². The normalized spacial score (nSPS) is 21.5. The van der Waals surface area contributed by atoms with Crippen LogP contribution >= 0.6 is 0 Å². The third-order valence-corrected chi connectivity index (χ3v) is 3.67. The maximum absolute atomic E-state index is 9.46. The van der Waals surface area contributed by atoms with Crippen LogP contribution in [0, 0.1) is 5.92 Å². The molecular formula is C14H29NO2. The van der Waals surface area contributed by atoms with E-state index < -0.39 is 0 Å². The van der Waals surface area contributed by atoms with Crippen molar-refractivity contribution in [3.8, 4) is 0 Å². The molecule has 102 valence electrons. The maximum atomic E-state index is 9.46. The number of nitrogens with one attached hydrogen (secondary N) is 1. The van der Waals surface area contributed by atoms with Crippen molar-refractivity contribution >= 4 is 0 Å². The molecule has 2 N–H and O–H groups in total. The molecular weight excluding hydrogens is 214 g/mol. The molecule has 1 aliphatic carbocycles. The van der Waals surface area contributed by atoms with Gasteiger partial charge in [0.2, 0.25) is 0 Å². The Morgan fingerprint density at radius 1 is 1.35 bits per heavy atom. The summed E-state index contributed by atoms with van der Waals surface area (Å²) in [6.07, 6.45) is 4.83. The van der Waals surface area contributed by atoms with Gasteiger partial charge in [-0.05, 0) is 45.4 Å². The summed E-state index contributed by atoms with van der Waals surface area (Å²) >= 11 is 0. The van der Waals surface area contributed by atoms with Crippen LogP contribution in [0.4, 0.5) is 0 Å². The van der Waals surface area contributed by atoms with Crippen LogP contribution in [-0.2, 0) is 4.74 Å². The molecule has 0 aromatic carbocycles. The van der Waals surface area contributed by atoms with Crippen molar-refractivity contribution in [3.63, 3.8) is 0 Å². The fourth-order valence-electron chi connectivity index (χ4n) is 1.84. The van der Waals surface area contributed by atoms with Gasteiger partial charge in [0.05, 0.1) is 12.7 Å². The van der Waals surface area contributed by atoms with E-state index in [1.165, 1.54) is 12.8 Å². The van der Waals surface area contributed by atoms with Crippen molar-refractivity contribution in [1.29, 1.82) is 0 Å². The highest BCUT2D eigenvalue weighted by Gasteiger charge is 2.31. The maximum Gasteiger partial charge on any atom is 0.0610 e. The third-order valence-electron chi connectivity index (χ3n) is 3.67. The van der Waals surface area contributed by atoms with Gasteiger partial charge in [-0.25, -0.2) is 0 Å². The van der Waals surface area contributed by atoms with E-state index in [0.717, 1.165) is 19.4 Å². The second kappa shape index (κ2) is 6.72. The van der Waals surface area contributed by atoms with Crippen LogP contribution in [-0.4, -0.2) is 36.0 Å². The summed E-state index contributed by atoms with van der Waals surface area (Å²) in [7, 11) is 0. The molecule has 1 rings (SSSR count). The molecule has 0 spiro atoms. The number of ether oxygens (including phenoxy) is 1. The molecule has 0 bridgehead atoms. The van der Waals surface area contributed by atoms with E-state index in [9.17, 15) is 5.11 Å². The van der Waals surface area contributed by atoms with E-state index >= 15 is 0 Å². The lowest BCUT2D eigenvalue weighted by Crippen LogP contribution is -2.47. The highest BCUT2D eigenvalue weighted by molar-refractivity contribution is 4.92. The highest BCUT2D eigenvalue weighted by atomic mass is 16.5. The van der Waals surface area contributed by atoms with Gasteiger partial charge in [0.15, 0.2) is 0 Å². The van der Waals surface area contributed by atoms with Gasteiger partial charge in [0, 0.05) is 18.2 Å². The predicted molar refractivity (Wildman–Crippen MR) is 71.1 cm³/mol. The van der Waals surface area contributed by atoms with Gasteiger partial charge in [-0.2, -0.15) is 0 Å². The molecule has 0 aromatic rings. The van der Waals surface area contributed by atoms with Gasteiger partial charge < -0.3 is 15.2 Å². The Kier molecular flexibility index (Phi) is 5.90. The first-order chi connectivity index (χ1) is 7.97. The average Bonchev–Trinajstić information content (AvgIpc) is 3.07. The lowest BCUT2D eigenvalue weighted by Gasteiger charge is -2.29. The standard InChI is InChI=1S/C14H29NO2/c1-11(2)12(3)17-9-5-8-14(4,10-16)15-13-6-7-13/h11-13,15-16H,5-10H2,1-4H3. The first-order valence-corrected chi connectivity index (χ1v) is 6.97. The van der Waals surface area contributed by atoms with Gasteiger partial charge in [0.25, 0.3) is 0 Å². The number of rotatable bonds is 9. The van der Waals surface area contributed by atoms with Gasteiger partial charge in [-0.15, -0.1) is 0 Å². The van der Waals surface area contributed by atoms with Crippen LogP contribution in [0.2, 0.25) is 0 Å². The van der Waals surface area contributed by atoms with Crippen LogP contribution < -0.4 is 5.32 Å². The Hall–Kier alpha value is -0.120. The summed E-state index contributed by atoms with van der Waals surface area (Å²) in [5.41, 5.74) is -0.119. The van der Waals surface area contributed by atoms with Crippen molar-refractivity contribution < 1.29 is 9.84 Å². The minimum Gasteiger partial charge on any atom is -0.394 e. The second-order valence-corrected chi connectivity index (χ2v) is 6.06. The number of aliphatic hydroxyl groups is 1. The molecule has 0 amide bonds. The SMILES string of the molecule is CC(C)C(C)OCCCC(C)(CO)NC1CC1. The highest BCUT2D eigenvalue weighted by Crippen LogP contribution is 2.24. The Bertz CT molecular complexity index is 216. The molecule has 0 aliphatic heterocycles. The van der Waals surface area contributed by atoms with E-state index in [1.807, 2.05) is 0 Å². The lowest BCUT2D eigenvalue weighted by atomic mass is 9.97. The minimum atomic E-state index is -0.119. The zero-order valence-corrected chi connectivity index (χ0v) is 11.8. The molecule has 0 saturated heterocycles. The first-order valence-electron chi connectivity index (χ1n) is 6.97. The van der Waals surface area contributed by atoms with Crippen LogP contribution in [0.15, 0.2) is 0 Å². The van der Waals surface area contributed by atoms with Crippen molar-refractivity contribution in [2.75, 3.05) is 13.2 Å². The Morgan fingerprint density at radius 2 is 2.00 bits per heavy atom. The fraction of sp³-hybridized carbons (Fsp3) is 1.00. The molecule has 1 aliphatic rings. The zero-order chi connectivity index (χ0) is 12.9. The van der Waals surface area contributed by atoms with E-state index in [-0.39, 0.29) is 12.1 Å². The van der Waals surface area contributed by atoms with Crippen LogP contribution in [0.1, 0.15) is 53.4 Å². The summed E-state index contributed by atoms with van der Waals surface area (Å²) < 4.78 is 5.75. The molecule has 0 radical (unpaired) electrons. The van der Waals surface area contributed by atoms with Crippen molar-refractivity contribution in [2.24, 2.45) is 5.92 Å². The minimum absolute atomic E-state index is 0.119. The van der Waals surface area contributed by atoms with E-state index in [4.69, 9.17) is 4.74 Å². The van der Waals surface area contributed by atoms with E-state index in [2.05, 4.69) is 33.0 Å². The molecule has 0 heterocycles. The third kappa shape index (κ3) is 5.84. The van der Waals surface area contributed by atoms with Crippen LogP contribution in [0.5, 0.6) is 0 Å². The molecule has 1 saturated carbocycles. The summed E-state index contributed by atoms with van der Waals surface area (Å²) in [5.74, 6) is 0.573. The molecule has 2 atom stereocenters. The Labute approximate surface area is 106 Å². The smallest absolute Gasteiger partial charge is 0.0610 e. The summed E-state index contributed by atoms with van der Waals surface area (Å²) in [4.78, 5) is 0. The zero-order valence-electron chi connectivity index (χ0n) is 11.8. The first kappa shape index (κ1) is 14.9. The van der Waals surface area contributed by atoms with E-state index in [0.29, 0.717) is 18.1 Å². The molecule has 17 heavy (non-hydrogen) atoms. The quantitative estimate of drug-likeness (QED) is 0.611. The molecule has 3 nitrogen and oxygen atoms in total. The monoisotopic (exact) mass is 243 g/mol. The Morgan fingerprint density at radius 3 is 2.47 bits per heavy atom. The summed E-state index contributed by atoms with van der Waals surface area (Å²) in [6.45, 7) is 9.59. The van der Waals surface area contributed by atoms with Crippen molar-refractivity contribution in [1.82, 2.24) is 5.32 Å². The van der Waals surface area contributed by atoms with Crippen molar-refractivity contribution in [2.45, 2.75) is 71.1 Å². The van der Waals surface area contributed by atoms with Crippen LogP contribution in [0.3, 0.4) is 0 Å². The number of aliphatic hydroxyl groups excluding tert-OH is 1. The Balaban J connectivity index is 2.14. The summed E-state index contributed by atoms with van der Waals surface area (Å²) in [5, 5.41) is 13.0. The second-order valence-electron chi connectivity index (χ2n) is 6.06. The van der Waals surface area contributed by atoms with E-state index in [1.54, 1.807) is 0 Å². The molecule has 1 fully saturated rings.